The number of hydrogen-bond acceptors (Lipinski definition) is 3. The second kappa shape index (κ2) is 6.09. The minimum atomic E-state index is -0.0419. The molecule has 1 aromatic rings. The van der Waals surface area contributed by atoms with Gasteiger partial charge in [0.05, 0.1) is 6.04 Å². The summed E-state index contributed by atoms with van der Waals surface area (Å²) >= 11 is 1.78. The second-order valence-corrected chi connectivity index (χ2v) is 9.05. The van der Waals surface area contributed by atoms with Crippen LogP contribution in [-0.4, -0.2) is 23.4 Å². The number of nitrogens with one attached hydrogen (secondary N) is 1. The molecule has 21 heavy (non-hydrogen) atoms. The predicted octanol–water partition coefficient (Wildman–Crippen LogP) is 3.95. The summed E-state index contributed by atoms with van der Waals surface area (Å²) in [6.45, 7) is 13.8. The molecule has 0 aromatic carbocycles. The second-order valence-electron chi connectivity index (χ2n) is 7.73. The first-order valence-corrected chi connectivity index (χ1v) is 8.62. The summed E-state index contributed by atoms with van der Waals surface area (Å²) in [5.41, 5.74) is 0.106. The molecule has 1 aromatic heterocycles. The molecule has 2 rings (SSSR count). The van der Waals surface area contributed by atoms with Gasteiger partial charge in [-0.15, -0.1) is 11.3 Å². The Morgan fingerprint density at radius 1 is 1.33 bits per heavy atom. The Morgan fingerprint density at radius 2 is 2.00 bits per heavy atom. The highest BCUT2D eigenvalue weighted by Crippen LogP contribution is 2.34. The number of amides is 1. The molecule has 1 N–H and O–H groups in total. The monoisotopic (exact) mass is 308 g/mol. The predicted molar refractivity (Wildman–Crippen MR) is 89.3 cm³/mol. The molecule has 1 amide bonds. The van der Waals surface area contributed by atoms with E-state index in [4.69, 9.17) is 0 Å². The van der Waals surface area contributed by atoms with E-state index in [-0.39, 0.29) is 23.5 Å². The Labute approximate surface area is 132 Å². The van der Waals surface area contributed by atoms with Gasteiger partial charge < -0.3 is 4.90 Å². The Balaban J connectivity index is 2.25. The zero-order valence-corrected chi connectivity index (χ0v) is 14.9. The number of thiophene rings is 1. The lowest BCUT2D eigenvalue weighted by Crippen LogP contribution is -2.37. The van der Waals surface area contributed by atoms with Gasteiger partial charge in [-0.05, 0) is 36.8 Å². The Bertz CT molecular complexity index is 501. The van der Waals surface area contributed by atoms with Gasteiger partial charge in [-0.3, -0.25) is 10.1 Å². The number of aryl methyl sites for hydroxylation is 1. The van der Waals surface area contributed by atoms with Crippen LogP contribution in [-0.2, 0) is 4.79 Å². The Morgan fingerprint density at radius 3 is 2.48 bits per heavy atom. The first-order chi connectivity index (χ1) is 9.67. The summed E-state index contributed by atoms with van der Waals surface area (Å²) in [7, 11) is 0. The summed E-state index contributed by atoms with van der Waals surface area (Å²) in [6.07, 6.45) is 0.944. The number of hydrogen-bond donors (Lipinski definition) is 1. The number of rotatable bonds is 4. The van der Waals surface area contributed by atoms with Crippen molar-refractivity contribution in [2.75, 3.05) is 6.54 Å². The van der Waals surface area contributed by atoms with Gasteiger partial charge in [0.2, 0.25) is 5.91 Å². The smallest absolute Gasteiger partial charge is 0.241 e. The maximum absolute atomic E-state index is 12.8. The number of carbonyl (C=O) groups is 1. The quantitative estimate of drug-likeness (QED) is 0.913. The highest BCUT2D eigenvalue weighted by molar-refractivity contribution is 7.12. The molecule has 2 heterocycles. The number of carbonyl (C=O) groups excluding carboxylic acids is 1. The van der Waals surface area contributed by atoms with Crippen molar-refractivity contribution < 1.29 is 4.79 Å². The van der Waals surface area contributed by atoms with Crippen molar-refractivity contribution in [3.63, 3.8) is 0 Å². The minimum Gasteiger partial charge on any atom is -0.320 e. The van der Waals surface area contributed by atoms with E-state index in [1.165, 1.54) is 9.75 Å². The van der Waals surface area contributed by atoms with Gasteiger partial charge in [-0.2, -0.15) is 0 Å². The van der Waals surface area contributed by atoms with Crippen molar-refractivity contribution in [3.05, 3.63) is 21.9 Å². The van der Waals surface area contributed by atoms with E-state index in [2.05, 4.69) is 59.0 Å². The lowest BCUT2D eigenvalue weighted by atomic mass is 9.95. The third-order valence-corrected chi connectivity index (χ3v) is 4.69. The van der Waals surface area contributed by atoms with Crippen molar-refractivity contribution in [2.45, 2.75) is 60.2 Å². The lowest BCUT2D eigenvalue weighted by molar-refractivity contribution is -0.131. The van der Waals surface area contributed by atoms with E-state index in [1.807, 2.05) is 4.90 Å². The minimum absolute atomic E-state index is 0.0409. The van der Waals surface area contributed by atoms with Crippen LogP contribution in [0.4, 0.5) is 0 Å². The highest BCUT2D eigenvalue weighted by atomic mass is 32.1. The molecule has 0 saturated carbocycles. The van der Waals surface area contributed by atoms with Crippen molar-refractivity contribution in [3.8, 4) is 0 Å². The average Bonchev–Trinajstić information content (AvgIpc) is 2.86. The summed E-state index contributed by atoms with van der Waals surface area (Å²) in [6, 6.07) is 4.25. The number of nitrogens with zero attached hydrogens (tertiary/aromatic N) is 1. The van der Waals surface area contributed by atoms with Gasteiger partial charge in [-0.25, -0.2) is 0 Å². The topological polar surface area (TPSA) is 32.3 Å². The normalized spacial score (nSPS) is 23.4. The molecule has 0 spiro atoms. The van der Waals surface area contributed by atoms with Crippen LogP contribution in [0.5, 0.6) is 0 Å². The van der Waals surface area contributed by atoms with E-state index >= 15 is 0 Å². The van der Waals surface area contributed by atoms with Crippen LogP contribution in [0.15, 0.2) is 12.1 Å². The average molecular weight is 308 g/mol. The fraction of sp³-hybridized carbons (Fsp3) is 0.706. The molecular formula is C17H28N2OS. The third-order valence-electron chi connectivity index (χ3n) is 3.63. The van der Waals surface area contributed by atoms with Gasteiger partial charge in [0.25, 0.3) is 0 Å². The van der Waals surface area contributed by atoms with E-state index in [0.717, 1.165) is 13.0 Å². The van der Waals surface area contributed by atoms with Crippen molar-refractivity contribution in [1.82, 2.24) is 10.2 Å². The molecule has 4 heteroatoms. The first-order valence-electron chi connectivity index (χ1n) is 7.80. The molecule has 2 atom stereocenters. The molecule has 3 nitrogen and oxygen atoms in total. The zero-order chi connectivity index (χ0) is 15.8. The van der Waals surface area contributed by atoms with Gasteiger partial charge in [-0.1, -0.05) is 34.6 Å². The maximum Gasteiger partial charge on any atom is 0.241 e. The first kappa shape index (κ1) is 16.5. The summed E-state index contributed by atoms with van der Waals surface area (Å²) < 4.78 is 0. The van der Waals surface area contributed by atoms with Gasteiger partial charge >= 0.3 is 0 Å². The van der Waals surface area contributed by atoms with Crippen LogP contribution < -0.4 is 5.32 Å². The molecule has 1 fully saturated rings. The summed E-state index contributed by atoms with van der Waals surface area (Å²) in [5.74, 6) is 0.779. The third kappa shape index (κ3) is 4.07. The van der Waals surface area contributed by atoms with Gasteiger partial charge in [0, 0.05) is 16.3 Å². The fourth-order valence-corrected chi connectivity index (χ4v) is 3.79. The fourth-order valence-electron chi connectivity index (χ4n) is 2.84. The molecule has 0 aliphatic carbocycles. The molecule has 0 radical (unpaired) electrons. The summed E-state index contributed by atoms with van der Waals surface area (Å²) in [5, 5.41) is 3.56. The molecule has 1 aliphatic heterocycles. The van der Waals surface area contributed by atoms with Crippen LogP contribution in [0.3, 0.4) is 0 Å². The van der Waals surface area contributed by atoms with Crippen molar-refractivity contribution in [1.29, 1.82) is 0 Å². The maximum atomic E-state index is 12.8. The van der Waals surface area contributed by atoms with E-state index in [9.17, 15) is 4.79 Å². The largest absolute Gasteiger partial charge is 0.320 e. The molecule has 1 saturated heterocycles. The lowest BCUT2D eigenvalue weighted by Gasteiger charge is -2.30. The molecule has 0 bridgehead atoms. The van der Waals surface area contributed by atoms with E-state index in [1.54, 1.807) is 11.3 Å². The molecule has 118 valence electrons. The van der Waals surface area contributed by atoms with Crippen LogP contribution in [0.25, 0.3) is 0 Å². The van der Waals surface area contributed by atoms with Crippen LogP contribution in [0.1, 0.15) is 57.0 Å². The van der Waals surface area contributed by atoms with Crippen molar-refractivity contribution >= 4 is 17.2 Å². The van der Waals surface area contributed by atoms with Crippen LogP contribution in [0.2, 0.25) is 0 Å². The SMILES string of the molecule is Cc1ccc(C2NC(CC(C)C)C(=O)N2CC(C)(C)C)s1. The van der Waals surface area contributed by atoms with E-state index < -0.39 is 0 Å². The molecular weight excluding hydrogens is 280 g/mol. The van der Waals surface area contributed by atoms with E-state index in [0.29, 0.717) is 5.92 Å². The van der Waals surface area contributed by atoms with Gasteiger partial charge in [0.15, 0.2) is 0 Å². The van der Waals surface area contributed by atoms with Gasteiger partial charge in [0.1, 0.15) is 6.17 Å². The van der Waals surface area contributed by atoms with Crippen LogP contribution in [0, 0.1) is 18.3 Å². The zero-order valence-electron chi connectivity index (χ0n) is 14.1. The van der Waals surface area contributed by atoms with Crippen LogP contribution >= 0.6 is 11.3 Å². The molecule has 2 unspecified atom stereocenters. The summed E-state index contributed by atoms with van der Waals surface area (Å²) in [4.78, 5) is 17.4. The van der Waals surface area contributed by atoms with Crippen molar-refractivity contribution in [2.24, 2.45) is 11.3 Å². The molecule has 1 aliphatic rings. The Hall–Kier alpha value is -0.870. The highest BCUT2D eigenvalue weighted by Gasteiger charge is 2.41. The Kier molecular flexibility index (Phi) is 4.79. The standard InChI is InChI=1S/C17H28N2OS/c1-11(2)9-13-16(20)19(10-17(4,5)6)15(18-13)14-8-7-12(3)21-14/h7-8,11,13,15,18H,9-10H2,1-6H3.